The zero-order valence-electron chi connectivity index (χ0n) is 12.8. The molecular weight excluding hydrogens is 328 g/mol. The van der Waals surface area contributed by atoms with Crippen LogP contribution >= 0.6 is 23.1 Å². The minimum Gasteiger partial charge on any atom is -0.369 e. The molecule has 3 rings (SSSR count). The molecule has 0 spiro atoms. The Morgan fingerprint density at radius 2 is 2.43 bits per heavy atom. The van der Waals surface area contributed by atoms with Gasteiger partial charge < -0.3 is 10.6 Å². The first kappa shape index (κ1) is 16.0. The van der Waals surface area contributed by atoms with E-state index in [1.54, 1.807) is 11.3 Å². The number of likely N-dealkylation sites (N-methyl/N-ethyl adjacent to an activating group) is 1. The van der Waals surface area contributed by atoms with E-state index in [-0.39, 0.29) is 5.75 Å². The van der Waals surface area contributed by atoms with Crippen LogP contribution in [-0.2, 0) is 17.8 Å². The summed E-state index contributed by atoms with van der Waals surface area (Å²) in [6.07, 6.45) is 0.884. The van der Waals surface area contributed by atoms with E-state index in [1.165, 1.54) is 16.7 Å². The van der Waals surface area contributed by atoms with Gasteiger partial charge in [-0.1, -0.05) is 17.8 Å². The molecular formula is C16H17N4OS2+. The molecule has 2 aromatic rings. The molecule has 1 aliphatic heterocycles. The maximum absolute atomic E-state index is 11.1. The van der Waals surface area contributed by atoms with E-state index in [0.29, 0.717) is 10.6 Å². The van der Waals surface area contributed by atoms with E-state index in [0.717, 1.165) is 41.2 Å². The van der Waals surface area contributed by atoms with Crippen LogP contribution < -0.4 is 10.6 Å². The van der Waals surface area contributed by atoms with E-state index >= 15 is 0 Å². The van der Waals surface area contributed by atoms with Crippen molar-refractivity contribution in [2.75, 3.05) is 19.3 Å². The number of nitrogens with zero attached hydrogens (tertiary/aromatic N) is 2. The fourth-order valence-corrected chi connectivity index (χ4v) is 4.36. The Kier molecular flexibility index (Phi) is 4.66. The van der Waals surface area contributed by atoms with Crippen molar-refractivity contribution in [2.45, 2.75) is 18.0 Å². The van der Waals surface area contributed by atoms with Crippen LogP contribution in [0.25, 0.3) is 10.4 Å². The lowest BCUT2D eigenvalue weighted by Gasteiger charge is -2.25. The first-order valence-corrected chi connectivity index (χ1v) is 9.18. The number of primary amides is 1. The van der Waals surface area contributed by atoms with Crippen LogP contribution in [0, 0.1) is 11.3 Å². The second kappa shape index (κ2) is 6.71. The lowest BCUT2D eigenvalue weighted by atomic mass is 9.96. The highest BCUT2D eigenvalue weighted by Crippen LogP contribution is 2.37. The van der Waals surface area contributed by atoms with Crippen LogP contribution in [0.4, 0.5) is 0 Å². The van der Waals surface area contributed by atoms with Gasteiger partial charge in [-0.05, 0) is 11.4 Å². The summed E-state index contributed by atoms with van der Waals surface area (Å²) >= 11 is 2.88. The zero-order valence-corrected chi connectivity index (χ0v) is 14.4. The molecule has 0 radical (unpaired) electrons. The van der Waals surface area contributed by atoms with Gasteiger partial charge in [-0.25, -0.2) is 4.98 Å². The molecule has 5 nitrogen and oxygen atoms in total. The number of aromatic nitrogens is 1. The number of carbonyl (C=O) groups excluding carboxylic acids is 1. The molecule has 0 aliphatic carbocycles. The average molecular weight is 345 g/mol. The van der Waals surface area contributed by atoms with E-state index in [9.17, 15) is 10.1 Å². The lowest BCUT2D eigenvalue weighted by molar-refractivity contribution is -0.895. The summed E-state index contributed by atoms with van der Waals surface area (Å²) in [5, 5.41) is 12.3. The topological polar surface area (TPSA) is 84.2 Å². The summed E-state index contributed by atoms with van der Waals surface area (Å²) in [5.41, 5.74) is 9.01. The Morgan fingerprint density at radius 3 is 3.09 bits per heavy atom. The third-order valence-corrected chi connectivity index (χ3v) is 5.73. The van der Waals surface area contributed by atoms with Crippen LogP contribution in [-0.4, -0.2) is 30.2 Å². The highest BCUT2D eigenvalue weighted by molar-refractivity contribution is 8.00. The molecule has 0 bridgehead atoms. The van der Waals surface area contributed by atoms with Gasteiger partial charge in [-0.15, -0.1) is 11.3 Å². The molecule has 1 amide bonds. The number of thioether (sulfide) groups is 1. The second-order valence-corrected chi connectivity index (χ2v) is 7.48. The third kappa shape index (κ3) is 3.24. The predicted molar refractivity (Wildman–Crippen MR) is 91.3 cm³/mol. The van der Waals surface area contributed by atoms with Crippen LogP contribution in [0.3, 0.4) is 0 Å². The number of quaternary nitrogens is 1. The summed E-state index contributed by atoms with van der Waals surface area (Å²) in [7, 11) is 2.16. The number of nitrogens with one attached hydrogen (secondary N) is 1. The largest absolute Gasteiger partial charge is 0.369 e. The number of fused-ring (bicyclic) bond motifs is 1. The quantitative estimate of drug-likeness (QED) is 0.804. The Morgan fingerprint density at radius 1 is 1.61 bits per heavy atom. The average Bonchev–Trinajstić information content (AvgIpc) is 3.05. The van der Waals surface area contributed by atoms with Crippen molar-refractivity contribution in [1.29, 1.82) is 5.26 Å². The number of hydrogen-bond donors (Lipinski definition) is 2. The van der Waals surface area contributed by atoms with Gasteiger partial charge in [0.05, 0.1) is 30.6 Å². The molecule has 3 N–H and O–H groups in total. The van der Waals surface area contributed by atoms with E-state index in [4.69, 9.17) is 5.73 Å². The second-order valence-electron chi connectivity index (χ2n) is 5.57. The Hall–Kier alpha value is -1.88. The van der Waals surface area contributed by atoms with Crippen LogP contribution in [0.2, 0.25) is 0 Å². The van der Waals surface area contributed by atoms with Gasteiger partial charge in [0, 0.05) is 22.4 Å². The van der Waals surface area contributed by atoms with E-state index < -0.39 is 5.91 Å². The number of hydrogen-bond acceptors (Lipinski definition) is 5. The van der Waals surface area contributed by atoms with Crippen molar-refractivity contribution in [1.82, 2.24) is 4.98 Å². The number of thiophene rings is 1. The van der Waals surface area contributed by atoms with Gasteiger partial charge in [0.25, 0.3) is 0 Å². The van der Waals surface area contributed by atoms with Gasteiger partial charge in [-0.3, -0.25) is 4.79 Å². The summed E-state index contributed by atoms with van der Waals surface area (Å²) in [5.74, 6) is -0.268. The number of pyridine rings is 1. The SMILES string of the molecule is C[NH+]1CCc2nc(SCC(N)=O)c(C#N)c(-c3cccs3)c2C1. The van der Waals surface area contributed by atoms with Gasteiger partial charge >= 0.3 is 0 Å². The maximum atomic E-state index is 11.1. The standard InChI is InChI=1S/C16H16N4OS2/c1-20-5-4-12-11(8-20)15(13-3-2-6-22-13)10(7-17)16(19-12)23-9-14(18)21/h2-3,6H,4-5,8-9H2,1H3,(H2,18,21)/p+1. The fourth-order valence-electron chi connectivity index (χ4n) is 2.81. The summed E-state index contributed by atoms with van der Waals surface area (Å²) < 4.78 is 0. The van der Waals surface area contributed by atoms with Crippen LogP contribution in [0.1, 0.15) is 16.8 Å². The van der Waals surface area contributed by atoms with Gasteiger partial charge in [0.15, 0.2) is 0 Å². The number of amides is 1. The molecule has 7 heteroatoms. The molecule has 0 aromatic carbocycles. The molecule has 0 saturated carbocycles. The van der Waals surface area contributed by atoms with Crippen molar-refractivity contribution >= 4 is 29.0 Å². The summed E-state index contributed by atoms with van der Waals surface area (Å²) in [6.45, 7) is 1.89. The molecule has 0 fully saturated rings. The van der Waals surface area contributed by atoms with Gasteiger partial charge in [0.2, 0.25) is 5.91 Å². The molecule has 23 heavy (non-hydrogen) atoms. The van der Waals surface area contributed by atoms with Crippen molar-refractivity contribution in [2.24, 2.45) is 5.73 Å². The number of nitriles is 1. The Labute approximate surface area is 143 Å². The summed E-state index contributed by atoms with van der Waals surface area (Å²) in [6, 6.07) is 6.33. The Balaban J connectivity index is 2.19. The number of rotatable bonds is 4. The first-order valence-electron chi connectivity index (χ1n) is 7.32. The fraction of sp³-hybridized carbons (Fsp3) is 0.312. The van der Waals surface area contributed by atoms with Crippen molar-refractivity contribution < 1.29 is 9.69 Å². The van der Waals surface area contributed by atoms with Gasteiger partial charge in [-0.2, -0.15) is 5.26 Å². The van der Waals surface area contributed by atoms with E-state index in [1.807, 2.05) is 17.5 Å². The van der Waals surface area contributed by atoms with Crippen LogP contribution in [0.5, 0.6) is 0 Å². The van der Waals surface area contributed by atoms with Crippen molar-refractivity contribution in [3.63, 3.8) is 0 Å². The highest BCUT2D eigenvalue weighted by atomic mass is 32.2. The molecule has 118 valence electrons. The molecule has 0 saturated heterocycles. The van der Waals surface area contributed by atoms with Crippen LogP contribution in [0.15, 0.2) is 22.5 Å². The van der Waals surface area contributed by atoms with E-state index in [2.05, 4.69) is 18.1 Å². The molecule has 3 heterocycles. The highest BCUT2D eigenvalue weighted by Gasteiger charge is 2.27. The normalized spacial score (nSPS) is 16.6. The smallest absolute Gasteiger partial charge is 0.227 e. The van der Waals surface area contributed by atoms with Crippen molar-refractivity contribution in [3.05, 3.63) is 34.3 Å². The van der Waals surface area contributed by atoms with Crippen molar-refractivity contribution in [3.8, 4) is 16.5 Å². The summed E-state index contributed by atoms with van der Waals surface area (Å²) in [4.78, 5) is 18.3. The van der Waals surface area contributed by atoms with Gasteiger partial charge in [0.1, 0.15) is 17.6 Å². The third-order valence-electron chi connectivity index (χ3n) is 3.85. The molecule has 1 unspecified atom stereocenters. The zero-order chi connectivity index (χ0) is 16.4. The molecule has 1 aliphatic rings. The minimum atomic E-state index is -0.403. The number of nitrogens with two attached hydrogens (primary N) is 1. The molecule has 1 atom stereocenters. The minimum absolute atomic E-state index is 0.134. The Bertz CT molecular complexity index is 780. The number of carbonyl (C=O) groups is 1. The first-order chi connectivity index (χ1) is 11.1. The maximum Gasteiger partial charge on any atom is 0.227 e. The molecule has 2 aromatic heterocycles. The monoisotopic (exact) mass is 345 g/mol. The predicted octanol–water partition coefficient (Wildman–Crippen LogP) is 0.830. The lowest BCUT2D eigenvalue weighted by Crippen LogP contribution is -3.08.